The molecule has 18 heavy (non-hydrogen) atoms. The summed E-state index contributed by atoms with van der Waals surface area (Å²) in [5.41, 5.74) is 7.86. The highest BCUT2D eigenvalue weighted by Gasteiger charge is 2.31. The molecule has 0 aromatic heterocycles. The number of carbonyl (C=O) groups excluding carboxylic acids is 1. The largest absolute Gasteiger partial charge is 0.379 e. The van der Waals surface area contributed by atoms with E-state index in [1.54, 1.807) is 0 Å². The Hall–Kier alpha value is -1.39. The molecule has 0 radical (unpaired) electrons. The number of benzene rings is 1. The van der Waals surface area contributed by atoms with Crippen LogP contribution in [0.1, 0.15) is 25.3 Å². The Morgan fingerprint density at radius 2 is 2.22 bits per heavy atom. The summed E-state index contributed by atoms with van der Waals surface area (Å²) in [5.74, 6) is 0.146. The van der Waals surface area contributed by atoms with Crippen LogP contribution in [0, 0.1) is 5.92 Å². The van der Waals surface area contributed by atoms with Gasteiger partial charge in [0, 0.05) is 11.7 Å². The molecule has 1 amide bonds. The fourth-order valence-corrected chi connectivity index (χ4v) is 2.05. The summed E-state index contributed by atoms with van der Waals surface area (Å²) in [6.07, 6.45) is 0. The van der Waals surface area contributed by atoms with Crippen molar-refractivity contribution in [2.24, 2.45) is 11.7 Å². The van der Waals surface area contributed by atoms with Gasteiger partial charge in [0.05, 0.1) is 19.1 Å². The maximum atomic E-state index is 12.0. The molecular weight excluding hydrogens is 228 g/mol. The number of rotatable bonds is 3. The molecule has 1 heterocycles. The topological polar surface area (TPSA) is 64.3 Å². The van der Waals surface area contributed by atoms with Gasteiger partial charge in [-0.2, -0.15) is 0 Å². The van der Waals surface area contributed by atoms with E-state index in [-0.39, 0.29) is 17.9 Å². The SMILES string of the molecule is CC(C)c1cccc(NC(=O)C2COCC2N)c1. The van der Waals surface area contributed by atoms with Gasteiger partial charge in [0.2, 0.25) is 5.91 Å². The summed E-state index contributed by atoms with van der Waals surface area (Å²) in [5, 5.41) is 2.91. The fourth-order valence-electron chi connectivity index (χ4n) is 2.05. The number of nitrogens with two attached hydrogens (primary N) is 1. The van der Waals surface area contributed by atoms with Crippen LogP contribution in [0.25, 0.3) is 0 Å². The molecule has 1 fully saturated rings. The molecule has 3 N–H and O–H groups in total. The average Bonchev–Trinajstić information content (AvgIpc) is 2.76. The molecule has 0 saturated carbocycles. The fraction of sp³-hybridized carbons (Fsp3) is 0.500. The van der Waals surface area contributed by atoms with Crippen molar-refractivity contribution in [1.29, 1.82) is 0 Å². The molecule has 98 valence electrons. The number of ether oxygens (including phenoxy) is 1. The predicted molar refractivity (Wildman–Crippen MR) is 71.4 cm³/mol. The van der Waals surface area contributed by atoms with Crippen LogP contribution >= 0.6 is 0 Å². The molecule has 1 aliphatic heterocycles. The van der Waals surface area contributed by atoms with Gasteiger partial charge in [-0.05, 0) is 23.6 Å². The van der Waals surface area contributed by atoms with Crippen LogP contribution in [0.15, 0.2) is 24.3 Å². The van der Waals surface area contributed by atoms with Gasteiger partial charge in [-0.1, -0.05) is 26.0 Å². The van der Waals surface area contributed by atoms with Crippen LogP contribution in [0.5, 0.6) is 0 Å². The lowest BCUT2D eigenvalue weighted by Gasteiger charge is -2.14. The van der Waals surface area contributed by atoms with Crippen molar-refractivity contribution in [3.63, 3.8) is 0 Å². The van der Waals surface area contributed by atoms with E-state index in [4.69, 9.17) is 10.5 Å². The van der Waals surface area contributed by atoms with Gasteiger partial charge in [0.15, 0.2) is 0 Å². The van der Waals surface area contributed by atoms with Crippen molar-refractivity contribution in [3.05, 3.63) is 29.8 Å². The minimum absolute atomic E-state index is 0.0547. The number of nitrogens with one attached hydrogen (secondary N) is 1. The molecule has 0 spiro atoms. The monoisotopic (exact) mass is 248 g/mol. The van der Waals surface area contributed by atoms with Crippen molar-refractivity contribution < 1.29 is 9.53 Å². The molecule has 0 aliphatic carbocycles. The lowest BCUT2D eigenvalue weighted by molar-refractivity contribution is -0.120. The second-order valence-corrected chi connectivity index (χ2v) is 5.08. The summed E-state index contributed by atoms with van der Waals surface area (Å²) >= 11 is 0. The molecule has 4 heteroatoms. The first-order valence-corrected chi connectivity index (χ1v) is 6.32. The van der Waals surface area contributed by atoms with Crippen LogP contribution in [0.4, 0.5) is 5.69 Å². The molecule has 1 aliphatic rings. The highest BCUT2D eigenvalue weighted by molar-refractivity contribution is 5.93. The zero-order chi connectivity index (χ0) is 13.1. The molecule has 2 atom stereocenters. The van der Waals surface area contributed by atoms with Crippen molar-refractivity contribution in [3.8, 4) is 0 Å². The first-order chi connectivity index (χ1) is 8.58. The predicted octanol–water partition coefficient (Wildman–Crippen LogP) is 1.72. The van der Waals surface area contributed by atoms with E-state index in [0.29, 0.717) is 19.1 Å². The van der Waals surface area contributed by atoms with Crippen molar-refractivity contribution in [1.82, 2.24) is 0 Å². The maximum Gasteiger partial charge on any atom is 0.231 e. The van der Waals surface area contributed by atoms with Gasteiger partial charge in [-0.15, -0.1) is 0 Å². The molecule has 2 unspecified atom stereocenters. The third-order valence-corrected chi connectivity index (χ3v) is 3.28. The molecule has 4 nitrogen and oxygen atoms in total. The van der Waals surface area contributed by atoms with Gasteiger partial charge in [0.25, 0.3) is 0 Å². The molecule has 2 rings (SSSR count). The number of carbonyl (C=O) groups is 1. The smallest absolute Gasteiger partial charge is 0.231 e. The van der Waals surface area contributed by atoms with Crippen molar-refractivity contribution >= 4 is 11.6 Å². The highest BCUT2D eigenvalue weighted by Crippen LogP contribution is 2.20. The Balaban J connectivity index is 2.04. The Labute approximate surface area is 108 Å². The minimum Gasteiger partial charge on any atom is -0.379 e. The summed E-state index contributed by atoms with van der Waals surface area (Å²) in [4.78, 5) is 12.0. The van der Waals surface area contributed by atoms with E-state index in [1.807, 2.05) is 18.2 Å². The Morgan fingerprint density at radius 3 is 2.83 bits per heavy atom. The normalized spacial score (nSPS) is 23.3. The van der Waals surface area contributed by atoms with Crippen LogP contribution < -0.4 is 11.1 Å². The lowest BCUT2D eigenvalue weighted by Crippen LogP contribution is -2.37. The number of hydrogen-bond donors (Lipinski definition) is 2. The second kappa shape index (κ2) is 5.50. The Morgan fingerprint density at radius 1 is 1.44 bits per heavy atom. The number of anilines is 1. The summed E-state index contributed by atoms with van der Waals surface area (Å²) < 4.78 is 5.20. The van der Waals surface area contributed by atoms with E-state index in [1.165, 1.54) is 5.56 Å². The molecular formula is C14H20N2O2. The van der Waals surface area contributed by atoms with Gasteiger partial charge >= 0.3 is 0 Å². The molecule has 1 aromatic rings. The van der Waals surface area contributed by atoms with Crippen LogP contribution in [0.3, 0.4) is 0 Å². The van der Waals surface area contributed by atoms with Gasteiger partial charge in [-0.25, -0.2) is 0 Å². The lowest BCUT2D eigenvalue weighted by atomic mass is 10.0. The van der Waals surface area contributed by atoms with E-state index in [0.717, 1.165) is 5.69 Å². The van der Waals surface area contributed by atoms with Gasteiger partial charge in [0.1, 0.15) is 0 Å². The maximum absolute atomic E-state index is 12.0. The van der Waals surface area contributed by atoms with Crippen molar-refractivity contribution in [2.45, 2.75) is 25.8 Å². The zero-order valence-electron chi connectivity index (χ0n) is 10.8. The zero-order valence-corrected chi connectivity index (χ0v) is 10.8. The van der Waals surface area contributed by atoms with E-state index < -0.39 is 0 Å². The molecule has 1 saturated heterocycles. The minimum atomic E-state index is -0.243. The third kappa shape index (κ3) is 2.89. The third-order valence-electron chi connectivity index (χ3n) is 3.28. The second-order valence-electron chi connectivity index (χ2n) is 5.08. The first-order valence-electron chi connectivity index (χ1n) is 6.32. The first kappa shape index (κ1) is 13.1. The van der Waals surface area contributed by atoms with Crippen LogP contribution in [0.2, 0.25) is 0 Å². The van der Waals surface area contributed by atoms with Gasteiger partial charge < -0.3 is 15.8 Å². The van der Waals surface area contributed by atoms with E-state index >= 15 is 0 Å². The van der Waals surface area contributed by atoms with Crippen molar-refractivity contribution in [2.75, 3.05) is 18.5 Å². The number of amides is 1. The highest BCUT2D eigenvalue weighted by atomic mass is 16.5. The average molecular weight is 248 g/mol. The quantitative estimate of drug-likeness (QED) is 0.856. The van der Waals surface area contributed by atoms with E-state index in [2.05, 4.69) is 25.2 Å². The van der Waals surface area contributed by atoms with Crippen LogP contribution in [-0.2, 0) is 9.53 Å². The molecule has 1 aromatic carbocycles. The molecule has 0 bridgehead atoms. The summed E-state index contributed by atoms with van der Waals surface area (Å²) in [6, 6.07) is 7.72. The number of hydrogen-bond acceptors (Lipinski definition) is 3. The summed E-state index contributed by atoms with van der Waals surface area (Å²) in [6.45, 7) is 5.13. The van der Waals surface area contributed by atoms with E-state index in [9.17, 15) is 4.79 Å². The standard InChI is InChI=1S/C14H20N2O2/c1-9(2)10-4-3-5-11(6-10)16-14(17)12-7-18-8-13(12)15/h3-6,9,12-13H,7-8,15H2,1-2H3,(H,16,17). The summed E-state index contributed by atoms with van der Waals surface area (Å²) in [7, 11) is 0. The Bertz CT molecular complexity index is 432. The van der Waals surface area contributed by atoms with Gasteiger partial charge in [-0.3, -0.25) is 4.79 Å². The Kier molecular flexibility index (Phi) is 3.99. The van der Waals surface area contributed by atoms with Crippen LogP contribution in [-0.4, -0.2) is 25.2 Å².